The van der Waals surface area contributed by atoms with Gasteiger partial charge in [-0.25, -0.2) is 13.2 Å². The Balaban J connectivity index is 1.56. The van der Waals surface area contributed by atoms with Gasteiger partial charge in [0.05, 0.1) is 12.5 Å². The number of Topliss-reactive ketones (excluding diaryl/α,β-unsaturated/α-hetero) is 1. The average Bonchev–Trinajstić information content (AvgIpc) is 3.25. The summed E-state index contributed by atoms with van der Waals surface area (Å²) in [4.78, 5) is 24.7. The van der Waals surface area contributed by atoms with Crippen molar-refractivity contribution in [3.63, 3.8) is 0 Å². The van der Waals surface area contributed by atoms with Gasteiger partial charge >= 0.3 is 0 Å². The molecule has 0 aromatic heterocycles. The van der Waals surface area contributed by atoms with E-state index in [-0.39, 0.29) is 43.1 Å². The van der Waals surface area contributed by atoms with E-state index in [4.69, 9.17) is 4.74 Å². The maximum atomic E-state index is 14.9. The van der Waals surface area contributed by atoms with Crippen LogP contribution in [0.3, 0.4) is 0 Å². The smallest absolute Gasteiger partial charge is 0.224 e. The minimum atomic E-state index is -0.850. The maximum Gasteiger partial charge on any atom is 0.224 e. The van der Waals surface area contributed by atoms with Crippen LogP contribution in [0.4, 0.5) is 13.2 Å². The number of hydrogen-bond acceptors (Lipinski definition) is 3. The number of halogens is 3. The molecule has 2 atom stereocenters. The first-order valence-electron chi connectivity index (χ1n) is 9.11. The van der Waals surface area contributed by atoms with E-state index in [0.717, 1.165) is 6.07 Å². The van der Waals surface area contributed by atoms with E-state index in [2.05, 4.69) is 5.32 Å². The molecular weight excluding hydrogens is 371 g/mol. The van der Waals surface area contributed by atoms with Crippen molar-refractivity contribution in [3.05, 3.63) is 64.5 Å². The van der Waals surface area contributed by atoms with Crippen molar-refractivity contribution in [1.82, 2.24) is 5.32 Å². The third kappa shape index (κ3) is 3.37. The molecule has 2 aliphatic heterocycles. The van der Waals surface area contributed by atoms with Crippen molar-refractivity contribution in [3.8, 4) is 5.75 Å². The van der Waals surface area contributed by atoms with Gasteiger partial charge in [-0.1, -0.05) is 12.1 Å². The average molecular weight is 389 g/mol. The number of benzene rings is 2. The van der Waals surface area contributed by atoms with E-state index in [1.54, 1.807) is 0 Å². The van der Waals surface area contributed by atoms with Crippen molar-refractivity contribution in [2.24, 2.45) is 5.92 Å². The number of ether oxygens (including phenoxy) is 1. The van der Waals surface area contributed by atoms with Gasteiger partial charge in [0, 0.05) is 48.9 Å². The molecule has 4 rings (SSSR count). The van der Waals surface area contributed by atoms with Gasteiger partial charge in [0.2, 0.25) is 5.91 Å². The van der Waals surface area contributed by atoms with Crippen LogP contribution in [0.5, 0.6) is 5.75 Å². The molecule has 1 N–H and O–H groups in total. The van der Waals surface area contributed by atoms with Crippen LogP contribution in [-0.4, -0.2) is 24.8 Å². The fraction of sp³-hybridized carbons (Fsp3) is 0.333. The second kappa shape index (κ2) is 7.30. The zero-order chi connectivity index (χ0) is 19.8. The SMILES string of the molecule is O=C(Cc1ccc(F)cc1)C[C@@H]1C(=O)NC[C@H]1c1c(F)cc2c(c1F)CCO2. The first kappa shape index (κ1) is 18.5. The molecule has 0 aliphatic carbocycles. The molecule has 0 spiro atoms. The monoisotopic (exact) mass is 389 g/mol. The zero-order valence-corrected chi connectivity index (χ0v) is 14.9. The minimum absolute atomic E-state index is 0.0276. The molecule has 2 aliphatic rings. The molecule has 1 fully saturated rings. The first-order chi connectivity index (χ1) is 13.4. The Morgan fingerprint density at radius 1 is 1.18 bits per heavy atom. The number of rotatable bonds is 5. The first-order valence-corrected chi connectivity index (χ1v) is 9.11. The summed E-state index contributed by atoms with van der Waals surface area (Å²) in [5.41, 5.74) is 0.766. The second-order valence-corrected chi connectivity index (χ2v) is 7.17. The summed E-state index contributed by atoms with van der Waals surface area (Å²) in [7, 11) is 0. The van der Waals surface area contributed by atoms with Gasteiger partial charge in [-0.05, 0) is 17.7 Å². The summed E-state index contributed by atoms with van der Waals surface area (Å²) in [6.07, 6.45) is 0.233. The molecule has 28 heavy (non-hydrogen) atoms. The summed E-state index contributed by atoms with van der Waals surface area (Å²) >= 11 is 0. The zero-order valence-electron chi connectivity index (χ0n) is 14.9. The highest BCUT2D eigenvalue weighted by atomic mass is 19.1. The highest BCUT2D eigenvalue weighted by Crippen LogP contribution is 2.40. The van der Waals surface area contributed by atoms with Crippen molar-refractivity contribution in [2.75, 3.05) is 13.2 Å². The number of hydrogen-bond donors (Lipinski definition) is 1. The molecule has 146 valence electrons. The van der Waals surface area contributed by atoms with Crippen LogP contribution in [0.2, 0.25) is 0 Å². The fourth-order valence-corrected chi connectivity index (χ4v) is 3.97. The van der Waals surface area contributed by atoms with Crippen LogP contribution in [-0.2, 0) is 22.4 Å². The maximum absolute atomic E-state index is 14.9. The Kier molecular flexibility index (Phi) is 4.83. The predicted octanol–water partition coefficient (Wildman–Crippen LogP) is 3.07. The van der Waals surface area contributed by atoms with Crippen LogP contribution in [0, 0.1) is 23.4 Å². The van der Waals surface area contributed by atoms with Crippen molar-refractivity contribution >= 4 is 11.7 Å². The lowest BCUT2D eigenvalue weighted by Gasteiger charge is -2.19. The summed E-state index contributed by atoms with van der Waals surface area (Å²) in [6, 6.07) is 6.66. The molecule has 0 unspecified atom stereocenters. The van der Waals surface area contributed by atoms with E-state index in [9.17, 15) is 22.8 Å². The third-order valence-electron chi connectivity index (χ3n) is 5.38. The molecule has 2 aromatic carbocycles. The number of carbonyl (C=O) groups is 2. The lowest BCUT2D eigenvalue weighted by atomic mass is 9.83. The standard InChI is InChI=1S/C21H18F3NO3/c22-12-3-1-11(2-4-12)7-13(26)8-15-16(10-25-21(15)27)19-17(23)9-18-14(20(19)24)5-6-28-18/h1-4,9,15-16H,5-8,10H2,(H,25,27)/t15-,16+/m0/s1. The molecule has 1 amide bonds. The summed E-state index contributed by atoms with van der Waals surface area (Å²) < 4.78 is 47.7. The fourth-order valence-electron chi connectivity index (χ4n) is 3.97. The number of ketones is 1. The van der Waals surface area contributed by atoms with Crippen LogP contribution in [0.25, 0.3) is 0 Å². The van der Waals surface area contributed by atoms with Crippen molar-refractivity contribution in [2.45, 2.75) is 25.2 Å². The highest BCUT2D eigenvalue weighted by molar-refractivity contribution is 5.90. The number of fused-ring (bicyclic) bond motifs is 1. The topological polar surface area (TPSA) is 55.4 Å². The van der Waals surface area contributed by atoms with Crippen LogP contribution < -0.4 is 10.1 Å². The summed E-state index contributed by atoms with van der Waals surface area (Å²) in [5.74, 6) is -3.93. The number of amides is 1. The van der Waals surface area contributed by atoms with E-state index >= 15 is 0 Å². The molecule has 0 saturated carbocycles. The van der Waals surface area contributed by atoms with Crippen LogP contribution >= 0.6 is 0 Å². The highest BCUT2D eigenvalue weighted by Gasteiger charge is 2.41. The number of carbonyl (C=O) groups excluding carboxylic acids is 2. The molecule has 2 aromatic rings. The lowest BCUT2D eigenvalue weighted by Crippen LogP contribution is -2.23. The molecule has 1 saturated heterocycles. The molecule has 4 nitrogen and oxygen atoms in total. The van der Waals surface area contributed by atoms with Crippen molar-refractivity contribution in [1.29, 1.82) is 0 Å². The molecule has 0 bridgehead atoms. The van der Waals surface area contributed by atoms with E-state index < -0.39 is 35.2 Å². The Morgan fingerprint density at radius 2 is 1.93 bits per heavy atom. The normalized spacial score (nSPS) is 20.6. The Hall–Kier alpha value is -2.83. The molecular formula is C21H18F3NO3. The van der Waals surface area contributed by atoms with Crippen LogP contribution in [0.1, 0.15) is 29.0 Å². The van der Waals surface area contributed by atoms with Gasteiger partial charge in [-0.15, -0.1) is 0 Å². The van der Waals surface area contributed by atoms with Gasteiger partial charge in [-0.3, -0.25) is 9.59 Å². The van der Waals surface area contributed by atoms with Crippen molar-refractivity contribution < 1.29 is 27.5 Å². The quantitative estimate of drug-likeness (QED) is 0.855. The Labute approximate surface area is 159 Å². The molecule has 7 heteroatoms. The van der Waals surface area contributed by atoms with Crippen LogP contribution in [0.15, 0.2) is 30.3 Å². The van der Waals surface area contributed by atoms with Gasteiger partial charge in [0.15, 0.2) is 0 Å². The van der Waals surface area contributed by atoms with E-state index in [1.807, 2.05) is 0 Å². The predicted molar refractivity (Wildman–Crippen MR) is 94.5 cm³/mol. The molecule has 0 radical (unpaired) electrons. The Bertz CT molecular complexity index is 943. The van der Waals surface area contributed by atoms with Gasteiger partial charge in [-0.2, -0.15) is 0 Å². The second-order valence-electron chi connectivity index (χ2n) is 7.17. The van der Waals surface area contributed by atoms with E-state index in [1.165, 1.54) is 24.3 Å². The van der Waals surface area contributed by atoms with Gasteiger partial charge < -0.3 is 10.1 Å². The largest absolute Gasteiger partial charge is 0.493 e. The lowest BCUT2D eigenvalue weighted by molar-refractivity contribution is -0.127. The van der Waals surface area contributed by atoms with Gasteiger partial charge in [0.25, 0.3) is 0 Å². The molecule has 2 heterocycles. The van der Waals surface area contributed by atoms with Gasteiger partial charge in [0.1, 0.15) is 29.0 Å². The third-order valence-corrected chi connectivity index (χ3v) is 5.38. The minimum Gasteiger partial charge on any atom is -0.493 e. The summed E-state index contributed by atoms with van der Waals surface area (Å²) in [5, 5.41) is 2.61. The van der Waals surface area contributed by atoms with E-state index in [0.29, 0.717) is 17.5 Å². The Morgan fingerprint density at radius 3 is 2.68 bits per heavy atom. The number of nitrogens with one attached hydrogen (secondary N) is 1. The summed E-state index contributed by atoms with van der Waals surface area (Å²) in [6.45, 7) is 0.359.